The molecule has 1 heterocycles. The highest BCUT2D eigenvalue weighted by Gasteiger charge is 2.33. The number of nitrogens with zero attached hydrogens (tertiary/aromatic N) is 1. The number of nitrogens with one attached hydrogen (secondary N) is 2. The quantitative estimate of drug-likeness (QED) is 0.831. The molecule has 1 atom stereocenters. The van der Waals surface area contributed by atoms with Crippen molar-refractivity contribution in [3.05, 3.63) is 23.0 Å². The third-order valence-corrected chi connectivity index (χ3v) is 5.70. The second-order valence-corrected chi connectivity index (χ2v) is 7.38. The Morgan fingerprint density at radius 2 is 2.13 bits per heavy atom. The summed E-state index contributed by atoms with van der Waals surface area (Å²) in [5.74, 6) is -1.37. The van der Waals surface area contributed by atoms with Crippen LogP contribution in [0.25, 0.3) is 0 Å². The highest BCUT2D eigenvalue weighted by molar-refractivity contribution is 7.89. The van der Waals surface area contributed by atoms with E-state index in [9.17, 15) is 17.6 Å². The third kappa shape index (κ3) is 4.33. The van der Waals surface area contributed by atoms with Gasteiger partial charge in [0.1, 0.15) is 10.7 Å². The first-order chi connectivity index (χ1) is 10.2. The molecular weight excluding hydrogens is 368 g/mol. The Morgan fingerprint density at radius 3 is 2.70 bits per heavy atom. The van der Waals surface area contributed by atoms with Crippen LogP contribution in [-0.4, -0.2) is 44.3 Å². The molecule has 1 aromatic rings. The molecule has 0 aliphatic carbocycles. The van der Waals surface area contributed by atoms with E-state index in [1.165, 1.54) is 11.2 Å². The van der Waals surface area contributed by atoms with E-state index in [1.54, 1.807) is 6.92 Å². The Hall–Kier alpha value is -0.930. The van der Waals surface area contributed by atoms with Gasteiger partial charge in [0, 0.05) is 38.7 Å². The normalized spacial score (nSPS) is 19.0. The second kappa shape index (κ2) is 7.76. The number of hydrogen-bond acceptors (Lipinski definition) is 4. The van der Waals surface area contributed by atoms with Crippen molar-refractivity contribution in [3.63, 3.8) is 0 Å². The zero-order chi connectivity index (χ0) is 16.5. The lowest BCUT2D eigenvalue weighted by molar-refractivity contribution is -0.114. The number of carbonyl (C=O) groups is 1. The van der Waals surface area contributed by atoms with Crippen molar-refractivity contribution >= 4 is 45.6 Å². The summed E-state index contributed by atoms with van der Waals surface area (Å²) in [5, 5.41) is 5.39. The molecule has 1 saturated heterocycles. The lowest BCUT2D eigenvalue weighted by atomic mass is 10.3. The first-order valence-corrected chi connectivity index (χ1v) is 8.54. The molecule has 0 saturated carbocycles. The van der Waals surface area contributed by atoms with Crippen LogP contribution in [0.4, 0.5) is 10.1 Å². The maximum atomic E-state index is 14.2. The van der Waals surface area contributed by atoms with Gasteiger partial charge in [0.05, 0.1) is 10.7 Å². The average molecular weight is 386 g/mol. The number of piperazine rings is 1. The minimum Gasteiger partial charge on any atom is -0.325 e. The van der Waals surface area contributed by atoms with Crippen molar-refractivity contribution in [1.82, 2.24) is 9.62 Å². The first-order valence-electron chi connectivity index (χ1n) is 6.72. The topological polar surface area (TPSA) is 78.5 Å². The van der Waals surface area contributed by atoms with E-state index in [2.05, 4.69) is 10.6 Å². The number of sulfonamides is 1. The van der Waals surface area contributed by atoms with Gasteiger partial charge in [0.15, 0.2) is 0 Å². The molecule has 130 valence electrons. The van der Waals surface area contributed by atoms with E-state index in [-0.39, 0.29) is 35.7 Å². The molecule has 10 heteroatoms. The van der Waals surface area contributed by atoms with Crippen molar-refractivity contribution in [1.29, 1.82) is 0 Å². The fourth-order valence-electron chi connectivity index (χ4n) is 2.32. The molecule has 1 unspecified atom stereocenters. The minimum absolute atomic E-state index is 0. The van der Waals surface area contributed by atoms with Crippen LogP contribution in [0, 0.1) is 5.82 Å². The largest absolute Gasteiger partial charge is 0.325 e. The summed E-state index contributed by atoms with van der Waals surface area (Å²) in [6.45, 7) is 4.26. The summed E-state index contributed by atoms with van der Waals surface area (Å²) in [6.07, 6.45) is 0. The zero-order valence-corrected chi connectivity index (χ0v) is 15.0. The number of amides is 1. The highest BCUT2D eigenvalue weighted by atomic mass is 35.5. The van der Waals surface area contributed by atoms with Crippen molar-refractivity contribution in [2.75, 3.05) is 25.0 Å². The van der Waals surface area contributed by atoms with E-state index < -0.39 is 26.6 Å². The molecule has 1 amide bonds. The molecule has 23 heavy (non-hydrogen) atoms. The van der Waals surface area contributed by atoms with Gasteiger partial charge in [-0.15, -0.1) is 12.4 Å². The average Bonchev–Trinajstić information content (AvgIpc) is 2.42. The molecule has 2 N–H and O–H groups in total. The second-order valence-electron chi connectivity index (χ2n) is 5.11. The van der Waals surface area contributed by atoms with Gasteiger partial charge in [0.2, 0.25) is 15.9 Å². The van der Waals surface area contributed by atoms with Gasteiger partial charge in [-0.1, -0.05) is 11.6 Å². The Morgan fingerprint density at radius 1 is 1.48 bits per heavy atom. The summed E-state index contributed by atoms with van der Waals surface area (Å²) in [5.41, 5.74) is 0.0407. The standard InChI is InChI=1S/C13H17ClFN3O3S.ClH/c1-8-7-16-3-4-18(8)22(20,21)13-5-10(14)12(6-11(13)15)17-9(2)19;/h5-6,8,16H,3-4,7H2,1-2H3,(H,17,19);1H. The van der Waals surface area contributed by atoms with Gasteiger partial charge in [-0.3, -0.25) is 4.79 Å². The molecule has 1 fully saturated rings. The summed E-state index contributed by atoms with van der Waals surface area (Å²) in [4.78, 5) is 10.5. The molecule has 1 aromatic carbocycles. The molecule has 0 bridgehead atoms. The maximum absolute atomic E-state index is 14.2. The SMILES string of the molecule is CC(=O)Nc1cc(F)c(S(=O)(=O)N2CCNCC2C)cc1Cl.Cl. The molecule has 2 rings (SSSR count). The zero-order valence-electron chi connectivity index (χ0n) is 12.6. The van der Waals surface area contributed by atoms with Crippen LogP contribution in [-0.2, 0) is 14.8 Å². The number of halogens is 3. The Labute approximate surface area is 145 Å². The third-order valence-electron chi connectivity index (χ3n) is 3.36. The van der Waals surface area contributed by atoms with Crippen molar-refractivity contribution in [3.8, 4) is 0 Å². The summed E-state index contributed by atoms with van der Waals surface area (Å²) < 4.78 is 40.7. The molecule has 0 aromatic heterocycles. The van der Waals surface area contributed by atoms with Crippen LogP contribution in [0.5, 0.6) is 0 Å². The summed E-state index contributed by atoms with van der Waals surface area (Å²) in [7, 11) is -3.99. The monoisotopic (exact) mass is 385 g/mol. The Bertz CT molecular complexity index is 700. The van der Waals surface area contributed by atoms with Crippen LogP contribution >= 0.6 is 24.0 Å². The number of hydrogen-bond donors (Lipinski definition) is 2. The van der Waals surface area contributed by atoms with Crippen LogP contribution in [0.15, 0.2) is 17.0 Å². The minimum atomic E-state index is -3.99. The van der Waals surface area contributed by atoms with Gasteiger partial charge < -0.3 is 10.6 Å². The number of benzene rings is 1. The molecule has 0 radical (unpaired) electrons. The van der Waals surface area contributed by atoms with E-state index >= 15 is 0 Å². The lowest BCUT2D eigenvalue weighted by Gasteiger charge is -2.33. The number of anilines is 1. The van der Waals surface area contributed by atoms with Crippen molar-refractivity contribution < 1.29 is 17.6 Å². The Kier molecular flexibility index (Phi) is 6.79. The maximum Gasteiger partial charge on any atom is 0.246 e. The lowest BCUT2D eigenvalue weighted by Crippen LogP contribution is -2.52. The van der Waals surface area contributed by atoms with Gasteiger partial charge in [0.25, 0.3) is 0 Å². The predicted octanol–water partition coefficient (Wildman–Crippen LogP) is 1.84. The van der Waals surface area contributed by atoms with E-state index in [1.807, 2.05) is 0 Å². The fourth-order valence-corrected chi connectivity index (χ4v) is 4.30. The number of carbonyl (C=O) groups excluding carboxylic acids is 1. The predicted molar refractivity (Wildman–Crippen MR) is 89.2 cm³/mol. The van der Waals surface area contributed by atoms with Gasteiger partial charge in [-0.2, -0.15) is 4.31 Å². The Balaban J connectivity index is 0.00000264. The van der Waals surface area contributed by atoms with Gasteiger partial charge in [-0.25, -0.2) is 12.8 Å². The number of rotatable bonds is 3. The van der Waals surface area contributed by atoms with Crippen LogP contribution < -0.4 is 10.6 Å². The van der Waals surface area contributed by atoms with E-state index in [0.717, 1.165) is 12.1 Å². The molecule has 1 aliphatic rings. The summed E-state index contributed by atoms with van der Waals surface area (Å²) in [6, 6.07) is 1.67. The molecule has 0 spiro atoms. The fraction of sp³-hybridized carbons (Fsp3) is 0.462. The van der Waals surface area contributed by atoms with Crippen molar-refractivity contribution in [2.45, 2.75) is 24.8 Å². The smallest absolute Gasteiger partial charge is 0.246 e. The molecular formula is C13H18Cl2FN3O3S. The van der Waals surface area contributed by atoms with Crippen LogP contribution in [0.3, 0.4) is 0 Å². The van der Waals surface area contributed by atoms with Crippen LogP contribution in [0.2, 0.25) is 5.02 Å². The van der Waals surface area contributed by atoms with E-state index in [4.69, 9.17) is 11.6 Å². The van der Waals surface area contributed by atoms with Gasteiger partial charge in [-0.05, 0) is 13.0 Å². The van der Waals surface area contributed by atoms with Crippen LogP contribution in [0.1, 0.15) is 13.8 Å². The van der Waals surface area contributed by atoms with E-state index in [0.29, 0.717) is 13.1 Å². The van der Waals surface area contributed by atoms with Crippen molar-refractivity contribution in [2.24, 2.45) is 0 Å². The molecule has 1 aliphatic heterocycles. The summed E-state index contributed by atoms with van der Waals surface area (Å²) >= 11 is 5.95. The molecule has 6 nitrogen and oxygen atoms in total. The highest BCUT2D eigenvalue weighted by Crippen LogP contribution is 2.30. The first kappa shape index (κ1) is 20.1. The van der Waals surface area contributed by atoms with Gasteiger partial charge >= 0.3 is 0 Å².